The lowest BCUT2D eigenvalue weighted by Crippen LogP contribution is -2.15. The Labute approximate surface area is 172 Å². The standard InChI is InChI=1S/C22H19N3O3S/c1-15-18(11-12-27-15)21-24-25-22(28-21)29-14-20(26)23-19-10-6-5-9-17(19)13-16-7-3-2-4-8-16/h2-12H,13-14H2,1H3,(H,23,26). The predicted molar refractivity (Wildman–Crippen MR) is 112 cm³/mol. The summed E-state index contributed by atoms with van der Waals surface area (Å²) < 4.78 is 10.9. The molecule has 0 aliphatic carbocycles. The molecule has 0 atom stereocenters. The Morgan fingerprint density at radius 1 is 1.03 bits per heavy atom. The number of aryl methyl sites for hydroxylation is 1. The molecule has 29 heavy (non-hydrogen) atoms. The maximum Gasteiger partial charge on any atom is 0.277 e. The van der Waals surface area contributed by atoms with E-state index >= 15 is 0 Å². The summed E-state index contributed by atoms with van der Waals surface area (Å²) in [4.78, 5) is 12.4. The predicted octanol–water partition coefficient (Wildman–Crippen LogP) is 4.96. The highest BCUT2D eigenvalue weighted by molar-refractivity contribution is 7.99. The smallest absolute Gasteiger partial charge is 0.277 e. The van der Waals surface area contributed by atoms with Crippen LogP contribution in [0.2, 0.25) is 0 Å². The molecule has 4 rings (SSSR count). The molecule has 0 saturated carbocycles. The second-order valence-corrected chi connectivity index (χ2v) is 7.35. The van der Waals surface area contributed by atoms with Gasteiger partial charge < -0.3 is 14.2 Å². The van der Waals surface area contributed by atoms with Gasteiger partial charge in [-0.05, 0) is 36.6 Å². The number of hydrogen-bond acceptors (Lipinski definition) is 6. The third-order valence-corrected chi connectivity index (χ3v) is 5.17. The maximum absolute atomic E-state index is 12.4. The largest absolute Gasteiger partial charge is 0.469 e. The van der Waals surface area contributed by atoms with Gasteiger partial charge in [0.25, 0.3) is 11.1 Å². The number of nitrogens with one attached hydrogen (secondary N) is 1. The average molecular weight is 405 g/mol. The number of carbonyl (C=O) groups excluding carboxylic acids is 1. The fourth-order valence-corrected chi connectivity index (χ4v) is 3.47. The molecule has 0 radical (unpaired) electrons. The zero-order valence-corrected chi connectivity index (χ0v) is 16.6. The summed E-state index contributed by atoms with van der Waals surface area (Å²) in [5.41, 5.74) is 3.81. The topological polar surface area (TPSA) is 81.2 Å². The zero-order chi connectivity index (χ0) is 20.1. The number of anilines is 1. The first-order valence-corrected chi connectivity index (χ1v) is 10.1. The molecule has 0 unspecified atom stereocenters. The molecule has 0 aliphatic heterocycles. The molecule has 146 valence electrons. The van der Waals surface area contributed by atoms with E-state index in [2.05, 4.69) is 27.6 Å². The molecule has 0 bridgehead atoms. The number of furan rings is 1. The Bertz CT molecular complexity index is 1110. The summed E-state index contributed by atoms with van der Waals surface area (Å²) >= 11 is 1.20. The number of carbonyl (C=O) groups is 1. The van der Waals surface area contributed by atoms with Gasteiger partial charge in [-0.25, -0.2) is 0 Å². The second-order valence-electron chi connectivity index (χ2n) is 6.42. The molecule has 6 nitrogen and oxygen atoms in total. The van der Waals surface area contributed by atoms with Gasteiger partial charge >= 0.3 is 0 Å². The van der Waals surface area contributed by atoms with E-state index in [1.165, 1.54) is 17.3 Å². The summed E-state index contributed by atoms with van der Waals surface area (Å²) in [6.45, 7) is 1.83. The van der Waals surface area contributed by atoms with Gasteiger partial charge in [-0.2, -0.15) is 0 Å². The number of thioether (sulfide) groups is 1. The van der Waals surface area contributed by atoms with Crippen LogP contribution in [0.5, 0.6) is 0 Å². The van der Waals surface area contributed by atoms with Crippen LogP contribution >= 0.6 is 11.8 Å². The number of nitrogens with zero attached hydrogens (tertiary/aromatic N) is 2. The van der Waals surface area contributed by atoms with Gasteiger partial charge in [-0.1, -0.05) is 60.3 Å². The van der Waals surface area contributed by atoms with Gasteiger partial charge in [-0.3, -0.25) is 4.79 Å². The highest BCUT2D eigenvalue weighted by Gasteiger charge is 2.15. The monoisotopic (exact) mass is 405 g/mol. The second kappa shape index (κ2) is 8.79. The van der Waals surface area contributed by atoms with Gasteiger partial charge in [0.2, 0.25) is 5.91 Å². The number of aromatic nitrogens is 2. The van der Waals surface area contributed by atoms with Crippen molar-refractivity contribution in [3.8, 4) is 11.5 Å². The van der Waals surface area contributed by atoms with Gasteiger partial charge in [0.05, 0.1) is 17.6 Å². The molecule has 4 aromatic rings. The summed E-state index contributed by atoms with van der Waals surface area (Å²) in [5, 5.41) is 11.3. The van der Waals surface area contributed by atoms with E-state index in [1.54, 1.807) is 12.3 Å². The summed E-state index contributed by atoms with van der Waals surface area (Å²) in [7, 11) is 0. The van der Waals surface area contributed by atoms with E-state index < -0.39 is 0 Å². The van der Waals surface area contributed by atoms with E-state index in [-0.39, 0.29) is 11.7 Å². The molecule has 2 heterocycles. The molecule has 1 amide bonds. The van der Waals surface area contributed by atoms with Crippen molar-refractivity contribution in [1.82, 2.24) is 10.2 Å². The first kappa shape index (κ1) is 19.0. The Morgan fingerprint density at radius 3 is 2.62 bits per heavy atom. The minimum atomic E-state index is -0.130. The molecule has 0 spiro atoms. The lowest BCUT2D eigenvalue weighted by Gasteiger charge is -2.11. The number of rotatable bonds is 7. The Morgan fingerprint density at radius 2 is 1.83 bits per heavy atom. The molecule has 2 aromatic carbocycles. The van der Waals surface area contributed by atoms with Crippen molar-refractivity contribution in [1.29, 1.82) is 0 Å². The Balaban J connectivity index is 1.37. The zero-order valence-electron chi connectivity index (χ0n) is 15.8. The summed E-state index contributed by atoms with van der Waals surface area (Å²) in [6, 6.07) is 19.7. The van der Waals surface area contributed by atoms with Crippen molar-refractivity contribution in [2.75, 3.05) is 11.1 Å². The van der Waals surface area contributed by atoms with Crippen LogP contribution in [0.1, 0.15) is 16.9 Å². The van der Waals surface area contributed by atoms with Crippen LogP contribution in [0.25, 0.3) is 11.5 Å². The van der Waals surface area contributed by atoms with Gasteiger partial charge in [0.1, 0.15) is 5.76 Å². The third kappa shape index (κ3) is 4.75. The fourth-order valence-electron chi connectivity index (χ4n) is 2.91. The average Bonchev–Trinajstić information content (AvgIpc) is 3.37. The van der Waals surface area contributed by atoms with Crippen molar-refractivity contribution in [3.05, 3.63) is 83.8 Å². The highest BCUT2D eigenvalue weighted by atomic mass is 32.2. The number of hydrogen-bond donors (Lipinski definition) is 1. The van der Waals surface area contributed by atoms with Crippen LogP contribution in [0, 0.1) is 6.92 Å². The first-order valence-electron chi connectivity index (χ1n) is 9.11. The third-order valence-electron chi connectivity index (χ3n) is 4.35. The fraction of sp³-hybridized carbons (Fsp3) is 0.136. The molecular formula is C22H19N3O3S. The molecule has 0 saturated heterocycles. The Kier molecular flexibility index (Phi) is 5.76. The quantitative estimate of drug-likeness (QED) is 0.438. The molecule has 0 fully saturated rings. The first-order chi connectivity index (χ1) is 14.2. The number of benzene rings is 2. The van der Waals surface area contributed by atoms with E-state index in [0.717, 1.165) is 23.2 Å². The van der Waals surface area contributed by atoms with Crippen LogP contribution in [0.3, 0.4) is 0 Å². The SMILES string of the molecule is Cc1occc1-c1nnc(SCC(=O)Nc2ccccc2Cc2ccccc2)o1. The van der Waals surface area contributed by atoms with Gasteiger partial charge in [-0.15, -0.1) is 10.2 Å². The van der Waals surface area contributed by atoms with Crippen LogP contribution in [0.4, 0.5) is 5.69 Å². The van der Waals surface area contributed by atoms with Crippen molar-refractivity contribution in [3.63, 3.8) is 0 Å². The minimum absolute atomic E-state index is 0.130. The van der Waals surface area contributed by atoms with E-state index in [9.17, 15) is 4.79 Å². The minimum Gasteiger partial charge on any atom is -0.469 e. The van der Waals surface area contributed by atoms with Crippen LogP contribution < -0.4 is 5.32 Å². The molecular weight excluding hydrogens is 386 g/mol. The molecule has 7 heteroatoms. The number of amides is 1. The number of para-hydroxylation sites is 1. The van der Waals surface area contributed by atoms with E-state index in [0.29, 0.717) is 16.9 Å². The Hall–Kier alpha value is -3.32. The van der Waals surface area contributed by atoms with Crippen LogP contribution in [-0.4, -0.2) is 21.9 Å². The van der Waals surface area contributed by atoms with Crippen molar-refractivity contribution in [2.24, 2.45) is 0 Å². The van der Waals surface area contributed by atoms with E-state index in [4.69, 9.17) is 8.83 Å². The lowest BCUT2D eigenvalue weighted by atomic mass is 10.0. The van der Waals surface area contributed by atoms with Crippen molar-refractivity contribution < 1.29 is 13.6 Å². The van der Waals surface area contributed by atoms with Crippen molar-refractivity contribution in [2.45, 2.75) is 18.6 Å². The molecule has 1 N–H and O–H groups in total. The molecule has 0 aliphatic rings. The van der Waals surface area contributed by atoms with Gasteiger partial charge in [0, 0.05) is 5.69 Å². The summed E-state index contributed by atoms with van der Waals surface area (Å²) in [5.74, 6) is 1.13. The highest BCUT2D eigenvalue weighted by Crippen LogP contribution is 2.26. The van der Waals surface area contributed by atoms with Crippen molar-refractivity contribution >= 4 is 23.4 Å². The van der Waals surface area contributed by atoms with Gasteiger partial charge in [0.15, 0.2) is 0 Å². The van der Waals surface area contributed by atoms with E-state index in [1.807, 2.05) is 49.4 Å². The normalized spacial score (nSPS) is 10.8. The molecule has 2 aromatic heterocycles. The maximum atomic E-state index is 12.4. The summed E-state index contributed by atoms with van der Waals surface area (Å²) in [6.07, 6.45) is 2.32. The lowest BCUT2D eigenvalue weighted by molar-refractivity contribution is -0.113. The van der Waals surface area contributed by atoms with Crippen LogP contribution in [-0.2, 0) is 11.2 Å². The van der Waals surface area contributed by atoms with Crippen LogP contribution in [0.15, 0.2) is 81.0 Å².